The molecule has 0 amide bonds. The van der Waals surface area contributed by atoms with Gasteiger partial charge in [-0.25, -0.2) is 8.78 Å². The van der Waals surface area contributed by atoms with Gasteiger partial charge in [-0.2, -0.15) is 0 Å². The van der Waals surface area contributed by atoms with Crippen LogP contribution in [0, 0.1) is 0 Å². The molecule has 548 valence electrons. The van der Waals surface area contributed by atoms with Gasteiger partial charge in [-0.3, -0.25) is 0 Å². The van der Waals surface area contributed by atoms with Crippen molar-refractivity contribution in [2.45, 2.75) is 246 Å². The molecule has 6 heterocycles. The van der Waals surface area contributed by atoms with Gasteiger partial charge in [-0.15, -0.1) is 0 Å². The molecular formula is C46H76F2N26O24. The second-order valence-electron chi connectivity index (χ2n) is 23.3. The Hall–Kier alpha value is -6.13. The smallest absolute Gasteiger partial charge is 0.187 e. The monoisotopic (exact) mass is 1410 g/mol. The summed E-state index contributed by atoms with van der Waals surface area (Å²) in [6.45, 7) is -3.21. The summed E-state index contributed by atoms with van der Waals surface area (Å²) >= 11 is 0. The molecule has 6 saturated heterocycles. The molecule has 50 nitrogen and oxygen atoms in total. The predicted octanol–water partition coefficient (Wildman–Crippen LogP) is -6.38. The number of nitrogens with zero attached hydrogens (tertiary/aromatic N) is 21. The second kappa shape index (κ2) is 36.5. The van der Waals surface area contributed by atoms with Crippen LogP contribution in [-0.4, -0.2) is 333 Å². The summed E-state index contributed by atoms with van der Waals surface area (Å²) in [6, 6.07) is -11.3. The minimum absolute atomic E-state index is 0.000926. The number of aliphatic hydroxyl groups excluding tert-OH is 12. The summed E-state index contributed by atoms with van der Waals surface area (Å²) in [7, 11) is 0. The van der Waals surface area contributed by atoms with Gasteiger partial charge >= 0.3 is 0 Å². The van der Waals surface area contributed by atoms with Gasteiger partial charge in [0.05, 0.1) is 81.1 Å². The minimum Gasteiger partial charge on any atom is -0.394 e. The fourth-order valence-corrected chi connectivity index (χ4v) is 12.2. The lowest BCUT2D eigenvalue weighted by Gasteiger charge is -2.46. The maximum atomic E-state index is 15.4. The van der Waals surface area contributed by atoms with Crippen LogP contribution in [0.4, 0.5) is 8.78 Å². The number of azide groups is 7. The van der Waals surface area contributed by atoms with Gasteiger partial charge in [0, 0.05) is 59.6 Å². The summed E-state index contributed by atoms with van der Waals surface area (Å²) in [5.74, 6) is 0. The summed E-state index contributed by atoms with van der Waals surface area (Å²) in [5.41, 5.74) is 92.6. The zero-order chi connectivity index (χ0) is 72.0. The van der Waals surface area contributed by atoms with Crippen LogP contribution in [0.3, 0.4) is 0 Å². The molecule has 8 rings (SSSR count). The topological polar surface area (TPSA) is 825 Å². The molecule has 8 aliphatic rings. The van der Waals surface area contributed by atoms with Crippen molar-refractivity contribution < 1.29 is 127 Å². The molecule has 52 heteroatoms. The number of alkyl halides is 2. The summed E-state index contributed by atoms with van der Waals surface area (Å²) in [4.78, 5) is 18.2. The molecule has 0 aromatic carbocycles. The highest BCUT2D eigenvalue weighted by Crippen LogP contribution is 2.40. The Kier molecular flexibility index (Phi) is 29.5. The fourth-order valence-electron chi connectivity index (χ4n) is 12.2. The molecule has 6 aliphatic heterocycles. The van der Waals surface area contributed by atoms with Crippen molar-refractivity contribution in [1.29, 1.82) is 0 Å². The summed E-state index contributed by atoms with van der Waals surface area (Å²) in [6.07, 6.45) is -49.6. The van der Waals surface area contributed by atoms with Crippen molar-refractivity contribution in [3.8, 4) is 0 Å². The molecule has 2 aliphatic carbocycles. The standard InChI is InChI=1S/C23H33FN18O12.C23H43FN8O12/c24-10-11(35-41-29)21(49-7(14(10)45)2-31-37-25)52-18-6(34-40-28)1-5(33-39-27)13(44)20(18)54-23-17(48)19(9(4-43)51-23)53-22-12(36-42-30)16(47)15(46)8(50-22)3-32-38-26;24-10-12(31-32-30)22(40-7(2-25)14(10)35)42-18-6(28)1-5(27)13(34)20(18)44-23-17(38)19(9(4-33)41-23)43-21-11(29)16(37)15(36)8(3-26)39-21/h5-23,43-48H,1-4H2;5-23,33-38H,1-4,25-29H2/t2*5-,6+,7-,8+,9-,10+,11-,12-,13+,14-,15-,16-,17-,18-,19-,20-,21-,22-,23+/m11/s1. The molecule has 38 atom stereocenters. The molecule has 0 unspecified atom stereocenters. The van der Waals surface area contributed by atoms with Gasteiger partial charge in [-0.1, -0.05) is 35.8 Å². The number of halogens is 2. The van der Waals surface area contributed by atoms with Crippen molar-refractivity contribution in [3.63, 3.8) is 0 Å². The number of hydrogen-bond donors (Lipinski definition) is 17. The van der Waals surface area contributed by atoms with Crippen molar-refractivity contribution in [2.75, 3.05) is 39.4 Å². The van der Waals surface area contributed by atoms with E-state index in [2.05, 4.69) is 70.2 Å². The Balaban J connectivity index is 0.000000282. The molecule has 2 saturated carbocycles. The van der Waals surface area contributed by atoms with Crippen LogP contribution >= 0.6 is 0 Å². The quantitative estimate of drug-likeness (QED) is 0.0230. The Morgan fingerprint density at radius 1 is 0.357 bits per heavy atom. The second-order valence-corrected chi connectivity index (χ2v) is 23.3. The first-order valence-electron chi connectivity index (χ1n) is 29.9. The van der Waals surface area contributed by atoms with Crippen molar-refractivity contribution >= 4 is 0 Å². The number of rotatable bonds is 25. The lowest BCUT2D eigenvalue weighted by atomic mass is 9.84. The Bertz CT molecular complexity index is 2960. The maximum Gasteiger partial charge on any atom is 0.187 e. The first-order valence-corrected chi connectivity index (χ1v) is 29.9. The van der Waals surface area contributed by atoms with Crippen LogP contribution in [0.5, 0.6) is 0 Å². The average Bonchev–Trinajstić information content (AvgIpc) is 1.27. The van der Waals surface area contributed by atoms with E-state index in [0.29, 0.717) is 0 Å². The van der Waals surface area contributed by atoms with E-state index in [9.17, 15) is 66.8 Å². The fraction of sp³-hybridized carbons (Fsp3) is 1.00. The molecule has 0 spiro atoms. The van der Waals surface area contributed by atoms with Crippen molar-refractivity contribution in [2.24, 2.45) is 64.5 Å². The van der Waals surface area contributed by atoms with Crippen molar-refractivity contribution in [3.05, 3.63) is 73.1 Å². The van der Waals surface area contributed by atoms with Crippen LogP contribution in [0.1, 0.15) is 12.8 Å². The molecule has 98 heavy (non-hydrogen) atoms. The highest BCUT2D eigenvalue weighted by Gasteiger charge is 2.58. The molecule has 0 aromatic rings. The van der Waals surface area contributed by atoms with Crippen LogP contribution in [0.25, 0.3) is 73.1 Å². The molecule has 0 bridgehead atoms. The van der Waals surface area contributed by atoms with Gasteiger partial charge in [0.25, 0.3) is 0 Å². The lowest BCUT2D eigenvalue weighted by Crippen LogP contribution is -2.66. The number of hydrogen-bond acceptors (Lipinski definition) is 36. The number of ether oxygens (including phenoxy) is 12. The van der Waals surface area contributed by atoms with Crippen LogP contribution in [0.15, 0.2) is 35.8 Å². The predicted molar refractivity (Wildman–Crippen MR) is 309 cm³/mol. The Morgan fingerprint density at radius 3 is 1.22 bits per heavy atom. The van der Waals surface area contributed by atoms with Crippen LogP contribution < -0.4 is 28.7 Å². The molecule has 8 fully saturated rings. The third-order valence-corrected chi connectivity index (χ3v) is 17.4. The summed E-state index contributed by atoms with van der Waals surface area (Å²) < 4.78 is 99.3. The van der Waals surface area contributed by atoms with E-state index in [-0.39, 0.29) is 19.5 Å². The van der Waals surface area contributed by atoms with E-state index in [1.165, 1.54) is 0 Å². The Morgan fingerprint density at radius 2 is 0.735 bits per heavy atom. The minimum atomic E-state index is -2.37. The molecular weight excluding hydrogens is 1340 g/mol. The van der Waals surface area contributed by atoms with E-state index < -0.39 is 265 Å². The van der Waals surface area contributed by atoms with Gasteiger partial charge < -0.3 is 147 Å². The molecule has 0 radical (unpaired) electrons. The van der Waals surface area contributed by atoms with E-state index in [4.69, 9.17) is 119 Å². The van der Waals surface area contributed by atoms with E-state index in [1.54, 1.807) is 0 Å². The zero-order valence-electron chi connectivity index (χ0n) is 50.9. The Labute approximate surface area is 548 Å². The highest BCUT2D eigenvalue weighted by molar-refractivity contribution is 5.07. The van der Waals surface area contributed by atoms with E-state index >= 15 is 8.78 Å². The molecule has 0 aromatic heterocycles. The molecule has 22 N–H and O–H groups in total. The van der Waals surface area contributed by atoms with Crippen LogP contribution in [0.2, 0.25) is 0 Å². The first-order chi connectivity index (χ1) is 46.9. The van der Waals surface area contributed by atoms with Gasteiger partial charge in [0.15, 0.2) is 37.7 Å². The lowest BCUT2D eigenvalue weighted by molar-refractivity contribution is -0.302. The third kappa shape index (κ3) is 17.6. The zero-order valence-corrected chi connectivity index (χ0v) is 50.9. The van der Waals surface area contributed by atoms with E-state index in [1.807, 2.05) is 0 Å². The number of aliphatic hydroxyl groups is 12. The van der Waals surface area contributed by atoms with Gasteiger partial charge in [0.1, 0.15) is 128 Å². The maximum absolute atomic E-state index is 15.4. The van der Waals surface area contributed by atoms with Gasteiger partial charge in [-0.05, 0) is 51.6 Å². The van der Waals surface area contributed by atoms with E-state index in [0.717, 1.165) is 0 Å². The SMILES string of the molecule is [N-]=[N+]=NC[C@@H]1O[C@H](O[C@H]2[C@@H](O)[C@H](O[C@@H]3[C@@H](O)[C@H](N=[N+]=[N-])C[C@H](N=[N+]=[N-])[C@H]3O[C@H]3O[C@H](CN=[N+]=[N-])[C@@H](O)[C@@H](F)[C@H]3N=[N+]=[N-])O[C@@H]2CO)[C@H](N=[N+]=[N-])[C@@H](O)[C@@H]1O.[N-]=[N+]=N[C@H]1[C@@H](O[C@H]2[C@H](O[C@@H]3O[C@H](CO)[C@@H](O[C@H]4O[C@@H](CN)[C@@H](O)[C@H](O)[C@H]4N)[C@H]3O)[C@@H](O)[C@H](N)C[C@@H]2N)O[C@H](CN)[C@@H](O)[C@H]1F. The highest BCUT2D eigenvalue weighted by atomic mass is 19.1. The first kappa shape index (κ1) is 79.2. The summed E-state index contributed by atoms with van der Waals surface area (Å²) in [5, 5.41) is 151. The van der Waals surface area contributed by atoms with Gasteiger partial charge in [0.2, 0.25) is 0 Å². The van der Waals surface area contributed by atoms with Crippen LogP contribution in [-0.2, 0) is 56.8 Å². The third-order valence-electron chi connectivity index (χ3n) is 17.4. The largest absolute Gasteiger partial charge is 0.394 e. The normalized spacial score (nSPS) is 46.9. The average molecular weight is 1420 g/mol. The van der Waals surface area contributed by atoms with Crippen molar-refractivity contribution in [1.82, 2.24) is 0 Å². The number of nitrogens with two attached hydrogens (primary N) is 5.